The molecule has 2 aromatic rings. The number of aromatic hydroxyl groups is 1. The average molecular weight is 420 g/mol. The second-order valence-electron chi connectivity index (χ2n) is 7.17. The van der Waals surface area contributed by atoms with Crippen molar-refractivity contribution in [2.45, 2.75) is 52.5 Å². The monoisotopic (exact) mass is 420 g/mol. The highest BCUT2D eigenvalue weighted by Gasteiger charge is 2.39. The van der Waals surface area contributed by atoms with Gasteiger partial charge in [0.05, 0.1) is 31.2 Å². The predicted molar refractivity (Wildman–Crippen MR) is 115 cm³/mol. The molecule has 1 heterocycles. The van der Waals surface area contributed by atoms with Gasteiger partial charge in [0.25, 0.3) is 0 Å². The van der Waals surface area contributed by atoms with Gasteiger partial charge in [0.2, 0.25) is 0 Å². The molecule has 29 heavy (non-hydrogen) atoms. The van der Waals surface area contributed by atoms with Gasteiger partial charge in [0.15, 0.2) is 11.5 Å². The van der Waals surface area contributed by atoms with Crippen LogP contribution in [0.5, 0.6) is 11.5 Å². The second-order valence-corrected chi connectivity index (χ2v) is 9.23. The van der Waals surface area contributed by atoms with E-state index in [1.165, 1.54) is 7.11 Å². The van der Waals surface area contributed by atoms with Crippen molar-refractivity contribution in [3.63, 3.8) is 0 Å². The average Bonchev–Trinajstić information content (AvgIpc) is 2.63. The van der Waals surface area contributed by atoms with E-state index in [1.807, 2.05) is 0 Å². The molecule has 8 heteroatoms. The highest BCUT2D eigenvalue weighted by Crippen LogP contribution is 2.62. The summed E-state index contributed by atoms with van der Waals surface area (Å²) in [5.74, 6) is 0.309. The third kappa shape index (κ3) is 6.13. The zero-order chi connectivity index (χ0) is 21.6. The molecule has 158 valence electrons. The molecule has 1 aromatic carbocycles. The first kappa shape index (κ1) is 23.1. The summed E-state index contributed by atoms with van der Waals surface area (Å²) in [6.07, 6.45) is 4.16. The van der Waals surface area contributed by atoms with Crippen LogP contribution in [0.1, 0.15) is 44.5 Å². The second kappa shape index (κ2) is 10.0. The van der Waals surface area contributed by atoms with Gasteiger partial charge >= 0.3 is 7.60 Å². The maximum Gasteiger partial charge on any atom is 0.343 e. The Morgan fingerprint density at radius 2 is 1.83 bits per heavy atom. The lowest BCUT2D eigenvalue weighted by Crippen LogP contribution is -2.15. The molecule has 0 bridgehead atoms. The maximum absolute atomic E-state index is 13.9. The van der Waals surface area contributed by atoms with Gasteiger partial charge in [-0.15, -0.1) is 0 Å². The summed E-state index contributed by atoms with van der Waals surface area (Å²) in [4.78, 5) is 8.50. The topological polar surface area (TPSA) is 90.2 Å². The molecule has 0 aliphatic carbocycles. The van der Waals surface area contributed by atoms with Crippen LogP contribution in [-0.2, 0) is 13.6 Å². The largest absolute Gasteiger partial charge is 0.504 e. The van der Waals surface area contributed by atoms with Gasteiger partial charge in [-0.1, -0.05) is 6.07 Å². The van der Waals surface area contributed by atoms with Crippen LogP contribution in [-0.4, -0.2) is 35.6 Å². The molecule has 0 radical (unpaired) electrons. The van der Waals surface area contributed by atoms with E-state index in [9.17, 15) is 9.67 Å². The lowest BCUT2D eigenvalue weighted by molar-refractivity contribution is 0.140. The molecule has 0 aliphatic rings. The summed E-state index contributed by atoms with van der Waals surface area (Å²) in [7, 11) is -2.21. The van der Waals surface area contributed by atoms with Crippen LogP contribution in [0.4, 0.5) is 5.69 Å². The highest BCUT2D eigenvalue weighted by atomic mass is 31.2. The molecule has 2 rings (SSSR count). The van der Waals surface area contributed by atoms with Crippen molar-refractivity contribution in [1.29, 1.82) is 0 Å². The van der Waals surface area contributed by atoms with E-state index in [2.05, 4.69) is 9.98 Å². The fourth-order valence-corrected chi connectivity index (χ4v) is 5.01. The van der Waals surface area contributed by atoms with Crippen molar-refractivity contribution in [2.24, 2.45) is 4.99 Å². The minimum Gasteiger partial charge on any atom is -0.504 e. The number of ether oxygens (including phenoxy) is 1. The van der Waals surface area contributed by atoms with Gasteiger partial charge < -0.3 is 18.9 Å². The van der Waals surface area contributed by atoms with Gasteiger partial charge in [-0.25, -0.2) is 0 Å². The number of pyridine rings is 1. The van der Waals surface area contributed by atoms with Gasteiger partial charge in [0.1, 0.15) is 5.66 Å². The van der Waals surface area contributed by atoms with Gasteiger partial charge in [0, 0.05) is 12.4 Å². The number of phenolic OH excluding ortho intramolecular Hbond substituents is 1. The molecular weight excluding hydrogens is 391 g/mol. The number of methoxy groups -OCH3 is 1. The van der Waals surface area contributed by atoms with Gasteiger partial charge in [-0.05, 0) is 63.9 Å². The third-order valence-corrected chi connectivity index (χ3v) is 6.46. The van der Waals surface area contributed by atoms with Crippen LogP contribution >= 0.6 is 7.60 Å². The molecule has 7 nitrogen and oxygen atoms in total. The Morgan fingerprint density at radius 3 is 2.34 bits per heavy atom. The minimum absolute atomic E-state index is 0.0311. The SMILES string of the molecule is COc1cc(C(C=Nc2cccnc2)P(=O)(OC(C)C)OC(C)C)cc(C)c1O. The smallest absolute Gasteiger partial charge is 0.343 e. The van der Waals surface area contributed by atoms with Crippen LogP contribution in [0.15, 0.2) is 41.7 Å². The van der Waals surface area contributed by atoms with Crippen LogP contribution in [0.3, 0.4) is 0 Å². The van der Waals surface area contributed by atoms with E-state index < -0.39 is 13.3 Å². The minimum atomic E-state index is -3.67. The Hall–Kier alpha value is -2.21. The number of hydrogen-bond acceptors (Lipinski definition) is 7. The number of hydrogen-bond donors (Lipinski definition) is 1. The first-order valence-corrected chi connectivity index (χ1v) is 11.1. The number of aliphatic imine (C=N–C) groups is 1. The van der Waals surface area contributed by atoms with Crippen molar-refractivity contribution in [3.05, 3.63) is 47.8 Å². The van der Waals surface area contributed by atoms with Crippen LogP contribution in [0, 0.1) is 6.92 Å². The number of rotatable bonds is 9. The summed E-state index contributed by atoms with van der Waals surface area (Å²) >= 11 is 0. The summed E-state index contributed by atoms with van der Waals surface area (Å²) in [5, 5.41) is 10.2. The number of phenols is 1. The van der Waals surface area contributed by atoms with Crippen molar-refractivity contribution >= 4 is 19.5 Å². The number of nitrogens with zero attached hydrogens (tertiary/aromatic N) is 2. The summed E-state index contributed by atoms with van der Waals surface area (Å²) in [5.41, 5.74) is 0.996. The fraction of sp³-hybridized carbons (Fsp3) is 0.429. The van der Waals surface area contributed by atoms with E-state index in [1.54, 1.807) is 77.5 Å². The lowest BCUT2D eigenvalue weighted by atomic mass is 10.1. The molecule has 1 aromatic heterocycles. The standard InChI is InChI=1S/C21H29N2O5P/c1-14(2)27-29(25,28-15(3)4)20(13-23-18-8-7-9-22-12-18)17-10-16(5)21(24)19(11-17)26-6/h7-15,20,24H,1-6H3. The van der Waals surface area contributed by atoms with Crippen molar-refractivity contribution < 1.29 is 23.5 Å². The Morgan fingerprint density at radius 1 is 1.17 bits per heavy atom. The molecule has 0 amide bonds. The first-order valence-electron chi connectivity index (χ1n) is 9.44. The van der Waals surface area contributed by atoms with Crippen molar-refractivity contribution in [3.8, 4) is 11.5 Å². The third-order valence-electron chi connectivity index (χ3n) is 3.92. The van der Waals surface area contributed by atoms with E-state index in [0.29, 0.717) is 16.8 Å². The zero-order valence-electron chi connectivity index (χ0n) is 17.7. The Balaban J connectivity index is 2.62. The van der Waals surface area contributed by atoms with Gasteiger partial charge in [-0.2, -0.15) is 0 Å². The Labute approximate surface area is 172 Å². The lowest BCUT2D eigenvalue weighted by Gasteiger charge is -2.28. The summed E-state index contributed by atoms with van der Waals surface area (Å²) in [6, 6.07) is 6.92. The van der Waals surface area contributed by atoms with Crippen LogP contribution in [0.25, 0.3) is 0 Å². The molecule has 0 spiro atoms. The Kier molecular flexibility index (Phi) is 7.96. The normalized spacial score (nSPS) is 13.4. The van der Waals surface area contributed by atoms with E-state index >= 15 is 0 Å². The highest BCUT2D eigenvalue weighted by molar-refractivity contribution is 7.55. The molecule has 0 fully saturated rings. The van der Waals surface area contributed by atoms with Gasteiger partial charge in [-0.3, -0.25) is 14.5 Å². The quantitative estimate of drug-likeness (QED) is 0.420. The first-order chi connectivity index (χ1) is 13.7. The molecule has 0 saturated carbocycles. The zero-order valence-corrected chi connectivity index (χ0v) is 18.6. The fourth-order valence-electron chi connectivity index (χ4n) is 2.78. The number of aromatic nitrogens is 1. The maximum atomic E-state index is 13.9. The van der Waals surface area contributed by atoms with E-state index in [-0.39, 0.29) is 23.7 Å². The molecule has 0 aliphatic heterocycles. The predicted octanol–water partition coefficient (Wildman–Crippen LogP) is 5.59. The Bertz CT molecular complexity index is 870. The van der Waals surface area contributed by atoms with E-state index in [4.69, 9.17) is 13.8 Å². The van der Waals surface area contributed by atoms with Crippen molar-refractivity contribution in [1.82, 2.24) is 4.98 Å². The number of aryl methyl sites for hydroxylation is 1. The number of benzene rings is 1. The van der Waals surface area contributed by atoms with Crippen LogP contribution in [0.2, 0.25) is 0 Å². The molecule has 1 unspecified atom stereocenters. The molecular formula is C21H29N2O5P. The molecule has 0 saturated heterocycles. The summed E-state index contributed by atoms with van der Waals surface area (Å²) < 4.78 is 30.8. The molecule has 1 N–H and O–H groups in total. The summed E-state index contributed by atoms with van der Waals surface area (Å²) in [6.45, 7) is 8.94. The van der Waals surface area contributed by atoms with Crippen LogP contribution < -0.4 is 4.74 Å². The molecule has 1 atom stereocenters. The van der Waals surface area contributed by atoms with E-state index in [0.717, 1.165) is 0 Å². The van der Waals surface area contributed by atoms with Crippen molar-refractivity contribution in [2.75, 3.05) is 7.11 Å².